The Labute approximate surface area is 186 Å². The van der Waals surface area contributed by atoms with Crippen molar-refractivity contribution in [3.63, 3.8) is 0 Å². The van der Waals surface area contributed by atoms with Crippen LogP contribution in [0.1, 0.15) is 37.7 Å². The smallest absolute Gasteiger partial charge is 0.324 e. The van der Waals surface area contributed by atoms with Gasteiger partial charge >= 0.3 is 6.03 Å². The number of amides is 4. The summed E-state index contributed by atoms with van der Waals surface area (Å²) in [5.74, 6) is -0.661. The average molecular weight is 441 g/mol. The molecule has 0 spiro atoms. The van der Waals surface area contributed by atoms with E-state index in [4.69, 9.17) is 0 Å². The number of nitrogens with one attached hydrogen (secondary N) is 1. The van der Waals surface area contributed by atoms with Crippen molar-refractivity contribution in [3.05, 3.63) is 36.0 Å². The van der Waals surface area contributed by atoms with E-state index >= 15 is 0 Å². The van der Waals surface area contributed by atoms with Crippen LogP contribution in [0, 0.1) is 5.92 Å². The van der Waals surface area contributed by atoms with E-state index in [0.717, 1.165) is 16.5 Å². The molecule has 3 aliphatic rings. The number of piperidine rings is 1. The van der Waals surface area contributed by atoms with Crippen LogP contribution >= 0.6 is 0 Å². The highest BCUT2D eigenvalue weighted by atomic mass is 19.1. The van der Waals surface area contributed by atoms with Gasteiger partial charge in [0.15, 0.2) is 0 Å². The minimum atomic E-state index is -0.981. The summed E-state index contributed by atoms with van der Waals surface area (Å²) in [5, 5.41) is 4.00. The third-order valence-electron chi connectivity index (χ3n) is 7.37. The molecule has 32 heavy (non-hydrogen) atoms. The Kier molecular flexibility index (Phi) is 5.39. The molecule has 3 unspecified atom stereocenters. The van der Waals surface area contributed by atoms with Gasteiger partial charge in [-0.3, -0.25) is 14.5 Å². The van der Waals surface area contributed by atoms with Crippen LogP contribution in [-0.4, -0.2) is 63.6 Å². The number of fused-ring (bicyclic) bond motifs is 2. The number of hydrogen-bond donors (Lipinski definition) is 1. The first-order chi connectivity index (χ1) is 15.4. The molecule has 3 atom stereocenters. The summed E-state index contributed by atoms with van der Waals surface area (Å²) in [6, 6.07) is 7.17. The zero-order chi connectivity index (χ0) is 22.4. The molecular formula is C24H29FN4O3. The first-order valence-electron chi connectivity index (χ1n) is 11.5. The van der Waals surface area contributed by atoms with Crippen LogP contribution in [0.4, 0.5) is 9.18 Å². The van der Waals surface area contributed by atoms with Crippen molar-refractivity contribution in [2.45, 2.75) is 56.8 Å². The number of benzene rings is 1. The predicted molar refractivity (Wildman–Crippen MR) is 118 cm³/mol. The molecule has 5 rings (SSSR count). The van der Waals surface area contributed by atoms with Crippen molar-refractivity contribution >= 4 is 28.7 Å². The van der Waals surface area contributed by atoms with Crippen molar-refractivity contribution in [2.24, 2.45) is 13.0 Å². The Balaban J connectivity index is 1.22. The summed E-state index contributed by atoms with van der Waals surface area (Å²) in [4.78, 5) is 41.8. The van der Waals surface area contributed by atoms with Gasteiger partial charge in [-0.2, -0.15) is 0 Å². The van der Waals surface area contributed by atoms with Crippen LogP contribution in [0.5, 0.6) is 0 Å². The number of halogens is 1. The number of rotatable bonds is 3. The number of imide groups is 1. The van der Waals surface area contributed by atoms with E-state index in [1.54, 1.807) is 0 Å². The van der Waals surface area contributed by atoms with E-state index in [9.17, 15) is 18.8 Å². The molecule has 3 heterocycles. The highest BCUT2D eigenvalue weighted by Gasteiger charge is 2.47. The summed E-state index contributed by atoms with van der Waals surface area (Å²) in [6.07, 6.45) is 3.55. The second kappa shape index (κ2) is 8.22. The highest BCUT2D eigenvalue weighted by molar-refractivity contribution is 5.99. The first kappa shape index (κ1) is 21.0. The van der Waals surface area contributed by atoms with Crippen molar-refractivity contribution in [1.29, 1.82) is 0 Å². The highest BCUT2D eigenvalue weighted by Crippen LogP contribution is 2.33. The monoisotopic (exact) mass is 440 g/mol. The van der Waals surface area contributed by atoms with E-state index in [1.807, 2.05) is 47.0 Å². The number of likely N-dealkylation sites (tertiary alicyclic amines) is 1. The summed E-state index contributed by atoms with van der Waals surface area (Å²) < 4.78 is 15.9. The summed E-state index contributed by atoms with van der Waals surface area (Å²) >= 11 is 0. The number of aryl methyl sites for hydroxylation is 1. The molecule has 3 fully saturated rings. The Morgan fingerprint density at radius 1 is 1.12 bits per heavy atom. The molecule has 4 amide bonds. The maximum atomic E-state index is 13.9. The fraction of sp³-hybridized carbons (Fsp3) is 0.542. The minimum Gasteiger partial charge on any atom is -0.350 e. The number of carbonyl (C=O) groups excluding carboxylic acids is 3. The molecule has 2 aliphatic heterocycles. The molecule has 1 aromatic carbocycles. The number of urea groups is 1. The number of hydrogen-bond acceptors (Lipinski definition) is 3. The molecule has 2 aromatic rings. The maximum Gasteiger partial charge on any atom is 0.324 e. The molecule has 1 N–H and O–H groups in total. The lowest BCUT2D eigenvalue weighted by molar-refractivity contribution is -0.141. The molecule has 1 aromatic heterocycles. The number of nitrogens with zero attached hydrogens (tertiary/aromatic N) is 3. The number of para-hydroxylation sites is 1. The van der Waals surface area contributed by atoms with Crippen LogP contribution in [0.2, 0.25) is 0 Å². The summed E-state index contributed by atoms with van der Waals surface area (Å²) in [7, 11) is 1.98. The standard InChI is InChI=1S/C24H29FN4O3/c1-27-14-15(18-4-2-3-5-21(18)27)12-22(30)28-10-8-17(9-11-28)29-23(31)19-13-16(25)6-7-20(19)26-24(29)32/h2-5,14,16-17,19-20H,6-13H2,1H3,(H,26,32). The SMILES string of the molecule is Cn1cc(CC(=O)N2CCC(N3C(=O)NC4CCC(F)CC4C3=O)CC2)c2ccccc21. The largest absolute Gasteiger partial charge is 0.350 e. The molecule has 0 bridgehead atoms. The fourth-order valence-electron chi connectivity index (χ4n) is 5.63. The Morgan fingerprint density at radius 3 is 2.66 bits per heavy atom. The second-order valence-electron chi connectivity index (χ2n) is 9.35. The van der Waals surface area contributed by atoms with Gasteiger partial charge in [0.05, 0.1) is 12.3 Å². The van der Waals surface area contributed by atoms with Crippen LogP contribution in [0.15, 0.2) is 30.5 Å². The molecule has 1 saturated carbocycles. The van der Waals surface area contributed by atoms with Gasteiger partial charge in [-0.05, 0) is 43.7 Å². The molecule has 0 radical (unpaired) electrons. The summed E-state index contributed by atoms with van der Waals surface area (Å²) in [6.45, 7) is 1.01. The molecule has 2 saturated heterocycles. The predicted octanol–water partition coefficient (Wildman–Crippen LogP) is 2.77. The van der Waals surface area contributed by atoms with Crippen molar-refractivity contribution < 1.29 is 18.8 Å². The Morgan fingerprint density at radius 2 is 1.88 bits per heavy atom. The van der Waals surface area contributed by atoms with Crippen molar-refractivity contribution in [2.75, 3.05) is 13.1 Å². The lowest BCUT2D eigenvalue weighted by atomic mass is 9.80. The quantitative estimate of drug-likeness (QED) is 0.798. The minimum absolute atomic E-state index is 0.0573. The molecule has 7 nitrogen and oxygen atoms in total. The zero-order valence-electron chi connectivity index (χ0n) is 18.3. The summed E-state index contributed by atoms with van der Waals surface area (Å²) in [5.41, 5.74) is 2.10. The average Bonchev–Trinajstić information content (AvgIpc) is 3.10. The van der Waals surface area contributed by atoms with Crippen LogP contribution in [-0.2, 0) is 23.1 Å². The van der Waals surface area contributed by atoms with Gasteiger partial charge in [0.25, 0.3) is 0 Å². The van der Waals surface area contributed by atoms with Gasteiger partial charge in [-0.25, -0.2) is 9.18 Å². The van der Waals surface area contributed by atoms with Gasteiger partial charge in [0, 0.05) is 49.3 Å². The normalized spacial score (nSPS) is 26.9. The van der Waals surface area contributed by atoms with Gasteiger partial charge < -0.3 is 14.8 Å². The molecule has 1 aliphatic carbocycles. The Hall–Kier alpha value is -2.90. The van der Waals surface area contributed by atoms with Crippen LogP contribution in [0.25, 0.3) is 10.9 Å². The first-order valence-corrected chi connectivity index (χ1v) is 11.5. The molecule has 170 valence electrons. The lowest BCUT2D eigenvalue weighted by Crippen LogP contribution is -2.65. The Bertz CT molecular complexity index is 1060. The number of alkyl halides is 1. The van der Waals surface area contributed by atoms with E-state index in [0.29, 0.717) is 45.2 Å². The maximum absolute atomic E-state index is 13.9. The van der Waals surface area contributed by atoms with Gasteiger partial charge in [-0.1, -0.05) is 18.2 Å². The van der Waals surface area contributed by atoms with Crippen molar-refractivity contribution in [1.82, 2.24) is 19.7 Å². The van der Waals surface area contributed by atoms with Gasteiger partial charge in [-0.15, -0.1) is 0 Å². The van der Waals surface area contributed by atoms with Crippen molar-refractivity contribution in [3.8, 4) is 0 Å². The van der Waals surface area contributed by atoms with E-state index in [2.05, 4.69) is 5.32 Å². The number of aromatic nitrogens is 1. The topological polar surface area (TPSA) is 74.7 Å². The molecular weight excluding hydrogens is 411 g/mol. The zero-order valence-corrected chi connectivity index (χ0v) is 18.3. The number of carbonyl (C=O) groups is 3. The lowest BCUT2D eigenvalue weighted by Gasteiger charge is -2.45. The van der Waals surface area contributed by atoms with E-state index < -0.39 is 12.1 Å². The van der Waals surface area contributed by atoms with E-state index in [-0.39, 0.29) is 36.3 Å². The second-order valence-corrected chi connectivity index (χ2v) is 9.35. The third kappa shape index (κ3) is 3.65. The van der Waals surface area contributed by atoms with Crippen LogP contribution in [0.3, 0.4) is 0 Å². The third-order valence-corrected chi connectivity index (χ3v) is 7.37. The fourth-order valence-corrected chi connectivity index (χ4v) is 5.63. The molecule has 8 heteroatoms. The van der Waals surface area contributed by atoms with Crippen LogP contribution < -0.4 is 5.32 Å². The van der Waals surface area contributed by atoms with Gasteiger partial charge in [0.1, 0.15) is 6.17 Å². The van der Waals surface area contributed by atoms with Gasteiger partial charge in [0.2, 0.25) is 11.8 Å². The van der Waals surface area contributed by atoms with E-state index in [1.165, 1.54) is 4.90 Å².